The maximum Gasteiger partial charge on any atom is 0.227 e. The molecule has 1 aliphatic carbocycles. The van der Waals surface area contributed by atoms with Gasteiger partial charge in [0.05, 0.1) is 44.3 Å². The number of hydrogen-bond donors (Lipinski definition) is 2. The van der Waals surface area contributed by atoms with E-state index in [1.54, 1.807) is 4.90 Å². The molecule has 2 N–H and O–H groups in total. The highest BCUT2D eigenvalue weighted by molar-refractivity contribution is 5.79. The monoisotopic (exact) mass is 416 g/mol. The number of fused-ring (bicyclic) bond motifs is 1. The smallest absolute Gasteiger partial charge is 0.227 e. The van der Waals surface area contributed by atoms with Gasteiger partial charge >= 0.3 is 0 Å². The van der Waals surface area contributed by atoms with Gasteiger partial charge in [0.2, 0.25) is 11.8 Å². The van der Waals surface area contributed by atoms with Crippen LogP contribution < -0.4 is 5.32 Å². The number of nitrogens with one attached hydrogen (secondary N) is 1. The summed E-state index contributed by atoms with van der Waals surface area (Å²) in [5.41, 5.74) is 0.953. The fourth-order valence-electron chi connectivity index (χ4n) is 4.55. The van der Waals surface area contributed by atoms with Crippen molar-refractivity contribution in [3.05, 3.63) is 35.9 Å². The first-order valence-electron chi connectivity index (χ1n) is 11.1. The van der Waals surface area contributed by atoms with E-state index in [0.29, 0.717) is 31.9 Å². The molecule has 0 radical (unpaired) electrons. The molecule has 0 spiro atoms. The van der Waals surface area contributed by atoms with Crippen molar-refractivity contribution < 1.29 is 24.2 Å². The molecule has 1 aromatic rings. The molecule has 0 bridgehead atoms. The maximum absolute atomic E-state index is 13.1. The summed E-state index contributed by atoms with van der Waals surface area (Å²) in [5, 5.41) is 13.3. The number of hydrogen-bond acceptors (Lipinski definition) is 5. The van der Waals surface area contributed by atoms with Gasteiger partial charge in [-0.15, -0.1) is 0 Å². The second kappa shape index (κ2) is 9.90. The molecule has 7 heteroatoms. The third-order valence-corrected chi connectivity index (χ3v) is 6.38. The summed E-state index contributed by atoms with van der Waals surface area (Å²) >= 11 is 0. The Kier molecular flexibility index (Phi) is 7.02. The number of β-amino-alcohol motifs (C(OH)–C–C–N with tert-alkyl or cyclic N) is 1. The SMILES string of the molecule is O=C(C[C@@H]1CC[C@H]2[C@@H](COC[C@@H](O)CN2C(=O)Cc2ccccc2)O1)NC1CCC1. The lowest BCUT2D eigenvalue weighted by Crippen LogP contribution is -2.58. The average Bonchev–Trinajstić information content (AvgIpc) is 2.69. The Bertz CT molecular complexity index is 724. The minimum atomic E-state index is -0.711. The zero-order valence-corrected chi connectivity index (χ0v) is 17.4. The van der Waals surface area contributed by atoms with E-state index in [0.717, 1.165) is 24.8 Å². The Morgan fingerprint density at radius 1 is 1.10 bits per heavy atom. The minimum absolute atomic E-state index is 0.0121. The number of carbonyl (C=O) groups is 2. The highest BCUT2D eigenvalue weighted by Gasteiger charge is 2.40. The van der Waals surface area contributed by atoms with Crippen molar-refractivity contribution in [2.75, 3.05) is 19.8 Å². The van der Waals surface area contributed by atoms with E-state index in [-0.39, 0.29) is 43.2 Å². The Labute approximate surface area is 177 Å². The van der Waals surface area contributed by atoms with E-state index in [4.69, 9.17) is 9.47 Å². The maximum atomic E-state index is 13.1. The van der Waals surface area contributed by atoms with Crippen LogP contribution >= 0.6 is 0 Å². The number of amides is 2. The van der Waals surface area contributed by atoms with Crippen molar-refractivity contribution >= 4 is 11.8 Å². The van der Waals surface area contributed by atoms with Crippen molar-refractivity contribution in [2.45, 2.75) is 75.3 Å². The summed E-state index contributed by atoms with van der Waals surface area (Å²) in [7, 11) is 0. The molecule has 164 valence electrons. The van der Waals surface area contributed by atoms with E-state index >= 15 is 0 Å². The van der Waals surface area contributed by atoms with Gasteiger partial charge in [0.15, 0.2) is 0 Å². The van der Waals surface area contributed by atoms with Crippen LogP contribution in [0.25, 0.3) is 0 Å². The van der Waals surface area contributed by atoms with Crippen LogP contribution in [0, 0.1) is 0 Å². The molecule has 7 nitrogen and oxygen atoms in total. The van der Waals surface area contributed by atoms with Crippen LogP contribution in [0.3, 0.4) is 0 Å². The first-order chi connectivity index (χ1) is 14.6. The van der Waals surface area contributed by atoms with Gasteiger partial charge in [-0.25, -0.2) is 0 Å². The number of aliphatic hydroxyl groups excluding tert-OH is 1. The molecule has 1 saturated carbocycles. The minimum Gasteiger partial charge on any atom is -0.389 e. The number of ether oxygens (including phenoxy) is 2. The van der Waals surface area contributed by atoms with Gasteiger partial charge in [0, 0.05) is 12.6 Å². The Morgan fingerprint density at radius 2 is 1.90 bits per heavy atom. The van der Waals surface area contributed by atoms with Gasteiger partial charge in [-0.1, -0.05) is 30.3 Å². The predicted octanol–water partition coefficient (Wildman–Crippen LogP) is 1.42. The molecule has 0 unspecified atom stereocenters. The summed E-state index contributed by atoms with van der Waals surface area (Å²) in [6.45, 7) is 0.731. The molecule has 4 atom stereocenters. The summed E-state index contributed by atoms with van der Waals surface area (Å²) in [4.78, 5) is 27.2. The van der Waals surface area contributed by atoms with Crippen LogP contribution in [0.5, 0.6) is 0 Å². The molecule has 0 aromatic heterocycles. The normalized spacial score (nSPS) is 29.8. The molecule has 3 fully saturated rings. The van der Waals surface area contributed by atoms with E-state index in [1.165, 1.54) is 6.42 Å². The molecule has 2 aliphatic heterocycles. The molecule has 3 aliphatic rings. The fraction of sp³-hybridized carbons (Fsp3) is 0.652. The van der Waals surface area contributed by atoms with E-state index in [1.807, 2.05) is 30.3 Å². The molecule has 2 heterocycles. The highest BCUT2D eigenvalue weighted by Crippen LogP contribution is 2.28. The topological polar surface area (TPSA) is 88.1 Å². The van der Waals surface area contributed by atoms with E-state index in [2.05, 4.69) is 5.32 Å². The number of nitrogens with zero attached hydrogens (tertiary/aromatic N) is 1. The molecule has 2 amide bonds. The lowest BCUT2D eigenvalue weighted by molar-refractivity contribution is -0.169. The van der Waals surface area contributed by atoms with Crippen molar-refractivity contribution in [3.8, 4) is 0 Å². The van der Waals surface area contributed by atoms with Gasteiger partial charge in [0.25, 0.3) is 0 Å². The molecule has 4 rings (SSSR count). The lowest BCUT2D eigenvalue weighted by atomic mass is 9.92. The molecule has 30 heavy (non-hydrogen) atoms. The zero-order chi connectivity index (χ0) is 20.9. The quantitative estimate of drug-likeness (QED) is 0.758. The third-order valence-electron chi connectivity index (χ3n) is 6.38. The third kappa shape index (κ3) is 5.39. The predicted molar refractivity (Wildman–Crippen MR) is 111 cm³/mol. The summed E-state index contributed by atoms with van der Waals surface area (Å²) < 4.78 is 11.9. The number of aliphatic hydroxyl groups is 1. The Morgan fingerprint density at radius 3 is 2.63 bits per heavy atom. The van der Waals surface area contributed by atoms with Gasteiger partial charge < -0.3 is 24.8 Å². The molecule has 2 saturated heterocycles. The van der Waals surface area contributed by atoms with Gasteiger partial charge in [0.1, 0.15) is 6.10 Å². The fourth-order valence-corrected chi connectivity index (χ4v) is 4.55. The van der Waals surface area contributed by atoms with Crippen LogP contribution in [0.15, 0.2) is 30.3 Å². The first kappa shape index (κ1) is 21.3. The highest BCUT2D eigenvalue weighted by atomic mass is 16.5. The zero-order valence-electron chi connectivity index (χ0n) is 17.4. The molecular formula is C23H32N2O5. The lowest BCUT2D eigenvalue weighted by Gasteiger charge is -2.44. The second-order valence-corrected chi connectivity index (χ2v) is 8.74. The Balaban J connectivity index is 1.39. The average molecular weight is 417 g/mol. The van der Waals surface area contributed by atoms with Gasteiger partial charge in [-0.2, -0.15) is 0 Å². The molecule has 1 aromatic carbocycles. The van der Waals surface area contributed by atoms with Crippen LogP contribution in [-0.4, -0.2) is 72.0 Å². The van der Waals surface area contributed by atoms with Crippen molar-refractivity contribution in [3.63, 3.8) is 0 Å². The standard InChI is InChI=1S/C23H32N2O5/c26-18-13-25(23(28)11-16-5-2-1-3-6-16)20-10-9-19(30-21(20)15-29-14-18)12-22(27)24-17-7-4-8-17/h1-3,5-6,17-21,26H,4,7-15H2,(H,24,27)/t18-,19-,20-,21+/m0/s1. The van der Waals surface area contributed by atoms with Crippen molar-refractivity contribution in [1.82, 2.24) is 10.2 Å². The molecular weight excluding hydrogens is 384 g/mol. The van der Waals surface area contributed by atoms with Crippen LogP contribution in [-0.2, 0) is 25.5 Å². The van der Waals surface area contributed by atoms with E-state index < -0.39 is 6.10 Å². The second-order valence-electron chi connectivity index (χ2n) is 8.74. The van der Waals surface area contributed by atoms with Crippen LogP contribution in [0.1, 0.15) is 44.1 Å². The largest absolute Gasteiger partial charge is 0.389 e. The van der Waals surface area contributed by atoms with Gasteiger partial charge in [-0.3, -0.25) is 9.59 Å². The number of benzene rings is 1. The van der Waals surface area contributed by atoms with E-state index in [9.17, 15) is 14.7 Å². The first-order valence-corrected chi connectivity index (χ1v) is 11.1. The number of carbonyl (C=O) groups excluding carboxylic acids is 2. The summed E-state index contributed by atoms with van der Waals surface area (Å²) in [6, 6.07) is 9.82. The van der Waals surface area contributed by atoms with Crippen molar-refractivity contribution in [2.24, 2.45) is 0 Å². The van der Waals surface area contributed by atoms with Gasteiger partial charge in [-0.05, 0) is 37.7 Å². The van der Waals surface area contributed by atoms with Crippen LogP contribution in [0.2, 0.25) is 0 Å². The summed E-state index contributed by atoms with van der Waals surface area (Å²) in [6.07, 6.45) is 4.25. The summed E-state index contributed by atoms with van der Waals surface area (Å²) in [5.74, 6) is 0.0317. The van der Waals surface area contributed by atoms with Crippen LogP contribution in [0.4, 0.5) is 0 Å². The Hall–Kier alpha value is -1.96. The number of rotatable bonds is 5. The van der Waals surface area contributed by atoms with Crippen molar-refractivity contribution in [1.29, 1.82) is 0 Å².